The summed E-state index contributed by atoms with van der Waals surface area (Å²) in [7, 11) is -3.78. The highest BCUT2D eigenvalue weighted by molar-refractivity contribution is 7.89. The first-order valence-corrected chi connectivity index (χ1v) is 9.85. The minimum Gasteiger partial charge on any atom is -0.332 e. The van der Waals surface area contributed by atoms with Crippen molar-refractivity contribution in [3.63, 3.8) is 0 Å². The van der Waals surface area contributed by atoms with Gasteiger partial charge in [0.15, 0.2) is 5.11 Å². The summed E-state index contributed by atoms with van der Waals surface area (Å²) in [5.41, 5.74) is 4.45. The SMILES string of the molecule is Cc1cc(S(N)(=O)=O)cc(NC(=S)Nc2ccc(C(C)C)cc2)c1C. The predicted molar refractivity (Wildman–Crippen MR) is 108 cm³/mol. The fourth-order valence-electron chi connectivity index (χ4n) is 2.36. The van der Waals surface area contributed by atoms with Gasteiger partial charge < -0.3 is 10.6 Å². The van der Waals surface area contributed by atoms with Gasteiger partial charge in [0.2, 0.25) is 10.0 Å². The lowest BCUT2D eigenvalue weighted by atomic mass is 10.0. The van der Waals surface area contributed by atoms with Crippen LogP contribution in [0, 0.1) is 13.8 Å². The zero-order chi connectivity index (χ0) is 18.8. The number of hydrogen-bond acceptors (Lipinski definition) is 3. The summed E-state index contributed by atoms with van der Waals surface area (Å²) < 4.78 is 23.2. The standard InChI is InChI=1S/C18H23N3O2S2/c1-11(2)14-5-7-15(8-6-14)20-18(24)21-17-10-16(25(19,22)23)9-12(3)13(17)4/h5-11H,1-4H3,(H2,19,22,23)(H2,20,21,24). The zero-order valence-corrected chi connectivity index (χ0v) is 16.4. The molecule has 0 saturated carbocycles. The largest absolute Gasteiger partial charge is 0.332 e. The van der Waals surface area contributed by atoms with Gasteiger partial charge in [0.05, 0.1) is 4.90 Å². The summed E-state index contributed by atoms with van der Waals surface area (Å²) in [4.78, 5) is 0.0576. The summed E-state index contributed by atoms with van der Waals surface area (Å²) in [5, 5.41) is 11.8. The van der Waals surface area contributed by atoms with Gasteiger partial charge in [0.25, 0.3) is 0 Å². The average Bonchev–Trinajstić information content (AvgIpc) is 2.51. The number of anilines is 2. The van der Waals surface area contributed by atoms with E-state index >= 15 is 0 Å². The van der Waals surface area contributed by atoms with Crippen molar-refractivity contribution in [2.45, 2.75) is 38.5 Å². The number of nitrogens with one attached hydrogen (secondary N) is 2. The van der Waals surface area contributed by atoms with Crippen LogP contribution in [0.3, 0.4) is 0 Å². The lowest BCUT2D eigenvalue weighted by Gasteiger charge is -2.15. The topological polar surface area (TPSA) is 84.2 Å². The molecule has 2 aromatic rings. The third-order valence-electron chi connectivity index (χ3n) is 4.05. The Morgan fingerprint density at radius 2 is 1.68 bits per heavy atom. The Kier molecular flexibility index (Phi) is 5.82. The van der Waals surface area contributed by atoms with E-state index in [0.29, 0.717) is 16.7 Å². The first-order valence-electron chi connectivity index (χ1n) is 7.90. The monoisotopic (exact) mass is 377 g/mol. The van der Waals surface area contributed by atoms with Gasteiger partial charge in [-0.05, 0) is 72.9 Å². The minimum absolute atomic E-state index is 0.0576. The zero-order valence-electron chi connectivity index (χ0n) is 14.8. The van der Waals surface area contributed by atoms with Crippen molar-refractivity contribution >= 4 is 38.7 Å². The van der Waals surface area contributed by atoms with E-state index in [1.165, 1.54) is 11.6 Å². The summed E-state index contributed by atoms with van der Waals surface area (Å²) >= 11 is 5.34. The molecule has 2 aromatic carbocycles. The summed E-state index contributed by atoms with van der Waals surface area (Å²) in [6, 6.07) is 11.1. The number of benzene rings is 2. The number of sulfonamides is 1. The van der Waals surface area contributed by atoms with Crippen LogP contribution in [0.25, 0.3) is 0 Å². The van der Waals surface area contributed by atoms with E-state index < -0.39 is 10.0 Å². The molecule has 5 nitrogen and oxygen atoms in total. The second-order valence-corrected chi connectivity index (χ2v) is 8.28. The molecule has 0 atom stereocenters. The van der Waals surface area contributed by atoms with E-state index in [2.05, 4.69) is 24.5 Å². The van der Waals surface area contributed by atoms with Gasteiger partial charge in [0, 0.05) is 11.4 Å². The van der Waals surface area contributed by atoms with Crippen LogP contribution in [-0.4, -0.2) is 13.5 Å². The number of nitrogens with two attached hydrogens (primary N) is 1. The Morgan fingerprint density at radius 3 is 2.20 bits per heavy atom. The molecule has 0 radical (unpaired) electrons. The highest BCUT2D eigenvalue weighted by atomic mass is 32.2. The van der Waals surface area contributed by atoms with Crippen molar-refractivity contribution in [2.24, 2.45) is 5.14 Å². The fraction of sp³-hybridized carbons (Fsp3) is 0.278. The van der Waals surface area contributed by atoms with Gasteiger partial charge in [-0.2, -0.15) is 0 Å². The van der Waals surface area contributed by atoms with E-state index in [-0.39, 0.29) is 4.90 Å². The van der Waals surface area contributed by atoms with Crippen LogP contribution in [0.5, 0.6) is 0 Å². The molecular weight excluding hydrogens is 354 g/mol. The van der Waals surface area contributed by atoms with Gasteiger partial charge >= 0.3 is 0 Å². The Labute approximate surface area is 154 Å². The molecule has 0 fully saturated rings. The normalized spacial score (nSPS) is 11.4. The van der Waals surface area contributed by atoms with Crippen molar-refractivity contribution in [2.75, 3.05) is 10.6 Å². The maximum absolute atomic E-state index is 11.6. The maximum atomic E-state index is 11.6. The van der Waals surface area contributed by atoms with Crippen molar-refractivity contribution in [3.05, 3.63) is 53.1 Å². The lowest BCUT2D eigenvalue weighted by molar-refractivity contribution is 0.597. The lowest BCUT2D eigenvalue weighted by Crippen LogP contribution is -2.21. The summed E-state index contributed by atoms with van der Waals surface area (Å²) in [6.45, 7) is 8.00. The molecule has 4 N–H and O–H groups in total. The first-order chi connectivity index (χ1) is 11.6. The van der Waals surface area contributed by atoms with Crippen LogP contribution in [0.2, 0.25) is 0 Å². The Bertz CT molecular complexity index is 889. The Morgan fingerprint density at radius 1 is 1.08 bits per heavy atom. The molecule has 0 saturated heterocycles. The van der Waals surface area contributed by atoms with Crippen LogP contribution in [0.15, 0.2) is 41.3 Å². The Balaban J connectivity index is 2.19. The molecule has 0 aliphatic carbocycles. The third-order valence-corrected chi connectivity index (χ3v) is 5.15. The molecule has 134 valence electrons. The highest BCUT2D eigenvalue weighted by Gasteiger charge is 2.13. The molecule has 7 heteroatoms. The van der Waals surface area contributed by atoms with Gasteiger partial charge in [0.1, 0.15) is 0 Å². The van der Waals surface area contributed by atoms with Crippen LogP contribution >= 0.6 is 12.2 Å². The molecular formula is C18H23N3O2S2. The smallest absolute Gasteiger partial charge is 0.238 e. The summed E-state index contributed by atoms with van der Waals surface area (Å²) in [6.07, 6.45) is 0. The Hall–Kier alpha value is -1.96. The molecule has 0 aliphatic rings. The van der Waals surface area contributed by atoms with Crippen molar-refractivity contribution in [3.8, 4) is 0 Å². The number of rotatable bonds is 4. The van der Waals surface area contributed by atoms with E-state index in [1.807, 2.05) is 38.1 Å². The van der Waals surface area contributed by atoms with Gasteiger partial charge in [-0.3, -0.25) is 0 Å². The maximum Gasteiger partial charge on any atom is 0.238 e. The molecule has 0 aromatic heterocycles. The fourth-order valence-corrected chi connectivity index (χ4v) is 3.21. The van der Waals surface area contributed by atoms with Crippen molar-refractivity contribution in [1.29, 1.82) is 0 Å². The molecule has 0 spiro atoms. The van der Waals surface area contributed by atoms with Crippen LogP contribution in [0.1, 0.15) is 36.5 Å². The van der Waals surface area contributed by atoms with E-state index in [4.69, 9.17) is 17.4 Å². The van der Waals surface area contributed by atoms with E-state index in [9.17, 15) is 8.42 Å². The number of aryl methyl sites for hydroxylation is 1. The molecule has 0 unspecified atom stereocenters. The van der Waals surface area contributed by atoms with Gasteiger partial charge in [-0.25, -0.2) is 13.6 Å². The minimum atomic E-state index is -3.78. The van der Waals surface area contributed by atoms with Crippen molar-refractivity contribution < 1.29 is 8.42 Å². The second-order valence-electron chi connectivity index (χ2n) is 6.31. The molecule has 0 heterocycles. The third kappa shape index (κ3) is 5.01. The van der Waals surface area contributed by atoms with E-state index in [0.717, 1.165) is 16.8 Å². The number of primary sulfonamides is 1. The highest BCUT2D eigenvalue weighted by Crippen LogP contribution is 2.24. The van der Waals surface area contributed by atoms with Crippen LogP contribution < -0.4 is 15.8 Å². The van der Waals surface area contributed by atoms with Gasteiger partial charge in [-0.1, -0.05) is 26.0 Å². The van der Waals surface area contributed by atoms with E-state index in [1.54, 1.807) is 6.07 Å². The molecule has 2 rings (SSSR count). The average molecular weight is 378 g/mol. The summed E-state index contributed by atoms with van der Waals surface area (Å²) in [5.74, 6) is 0.464. The first kappa shape index (κ1) is 19.4. The molecule has 0 amide bonds. The number of hydrogen-bond donors (Lipinski definition) is 3. The van der Waals surface area contributed by atoms with Gasteiger partial charge in [-0.15, -0.1) is 0 Å². The predicted octanol–water partition coefficient (Wildman–Crippen LogP) is 3.88. The molecule has 25 heavy (non-hydrogen) atoms. The molecule has 0 aliphatic heterocycles. The second kappa shape index (κ2) is 7.51. The van der Waals surface area contributed by atoms with Crippen LogP contribution in [0.4, 0.5) is 11.4 Å². The quantitative estimate of drug-likeness (QED) is 0.704. The number of thiocarbonyl (C=S) groups is 1. The van der Waals surface area contributed by atoms with Crippen LogP contribution in [-0.2, 0) is 10.0 Å². The molecule has 0 bridgehead atoms. The van der Waals surface area contributed by atoms with Crippen molar-refractivity contribution in [1.82, 2.24) is 0 Å².